The molecule has 0 heterocycles. The summed E-state index contributed by atoms with van der Waals surface area (Å²) in [6, 6.07) is 7.90. The van der Waals surface area contributed by atoms with E-state index in [0.29, 0.717) is 0 Å². The Hall–Kier alpha value is -1.79. The van der Waals surface area contributed by atoms with Crippen LogP contribution in [0.3, 0.4) is 0 Å². The van der Waals surface area contributed by atoms with Gasteiger partial charge in [0.2, 0.25) is 0 Å². The second-order valence-corrected chi connectivity index (χ2v) is 4.62. The van der Waals surface area contributed by atoms with Crippen molar-refractivity contribution < 1.29 is 48.9 Å². The van der Waals surface area contributed by atoms with E-state index >= 15 is 0 Å². The van der Waals surface area contributed by atoms with E-state index < -0.39 is 23.3 Å². The van der Waals surface area contributed by atoms with Gasteiger partial charge >= 0.3 is 21.7 Å². The first-order valence-corrected chi connectivity index (χ1v) is 7.11. The summed E-state index contributed by atoms with van der Waals surface area (Å²) in [7, 11) is 0. The standard InChI is InChI=1S/2C9H7F2O.2CH3.Ti/c2*1-2-9(12)7-4-3-6(10)5-8(7)11;;;/h2*3-4H,2H2,1H3;2*1H3;/q4*-1;+4. The maximum absolute atomic E-state index is 12.8. The van der Waals surface area contributed by atoms with Gasteiger partial charge in [0.05, 0.1) is 0 Å². The van der Waals surface area contributed by atoms with E-state index in [1.54, 1.807) is 26.0 Å². The van der Waals surface area contributed by atoms with Gasteiger partial charge in [-0.2, -0.15) is 12.1 Å². The average molecular weight is 416 g/mol. The number of benzene rings is 2. The molecule has 0 radical (unpaired) electrons. The van der Waals surface area contributed by atoms with Gasteiger partial charge in [-0.1, -0.05) is 25.0 Å². The Bertz CT molecular complexity index is 685. The molecule has 0 fully saturated rings. The Morgan fingerprint density at radius 2 is 1.04 bits per heavy atom. The van der Waals surface area contributed by atoms with Crippen LogP contribution in [0.5, 0.6) is 0 Å². The molecule has 0 aromatic heterocycles. The molecule has 0 aliphatic heterocycles. The number of rotatable bonds is 4. The number of carbonyl (C=O) groups is 2. The minimum atomic E-state index is -0.915. The van der Waals surface area contributed by atoms with Crippen LogP contribution in [0, 0.1) is 50.3 Å². The van der Waals surface area contributed by atoms with E-state index in [4.69, 9.17) is 0 Å². The largest absolute Gasteiger partial charge is 4.00 e. The molecule has 0 spiro atoms. The van der Waals surface area contributed by atoms with E-state index in [1.165, 1.54) is 0 Å². The molecule has 2 aromatic carbocycles. The van der Waals surface area contributed by atoms with E-state index in [0.717, 1.165) is 24.3 Å². The molecule has 0 saturated carbocycles. The third-order valence-electron chi connectivity index (χ3n) is 2.97. The maximum Gasteiger partial charge on any atom is 4.00 e. The average Bonchev–Trinajstić information content (AvgIpc) is 2.54. The summed E-state index contributed by atoms with van der Waals surface area (Å²) in [4.78, 5) is 21.9. The zero-order valence-electron chi connectivity index (χ0n) is 15.6. The van der Waals surface area contributed by atoms with Gasteiger partial charge in [0.15, 0.2) is 0 Å². The number of ketones is 2. The molecule has 0 atom stereocenters. The first-order chi connectivity index (χ1) is 11.3. The second-order valence-electron chi connectivity index (χ2n) is 4.62. The van der Waals surface area contributed by atoms with Crippen molar-refractivity contribution in [2.24, 2.45) is 0 Å². The van der Waals surface area contributed by atoms with Gasteiger partial charge in [0.25, 0.3) is 0 Å². The zero-order chi connectivity index (χ0) is 18.3. The molecule has 0 amide bonds. The van der Waals surface area contributed by atoms with Gasteiger partial charge in [-0.3, -0.25) is 0 Å². The predicted octanol–water partition coefficient (Wildman–Crippen LogP) is 5.61. The van der Waals surface area contributed by atoms with Crippen molar-refractivity contribution in [1.82, 2.24) is 0 Å². The molecule has 0 bridgehead atoms. The second kappa shape index (κ2) is 14.3. The minimum absolute atomic E-state index is 0. The molecule has 144 valence electrons. The number of halogens is 4. The van der Waals surface area contributed by atoms with Crippen LogP contribution in [0.2, 0.25) is 0 Å². The summed E-state index contributed by atoms with van der Waals surface area (Å²) in [5, 5.41) is 0. The summed E-state index contributed by atoms with van der Waals surface area (Å²) >= 11 is 0. The van der Waals surface area contributed by atoms with Gasteiger partial charge in [-0.25, -0.2) is 17.6 Å². The quantitative estimate of drug-likeness (QED) is 0.281. The van der Waals surface area contributed by atoms with Crippen molar-refractivity contribution in [1.29, 1.82) is 0 Å². The van der Waals surface area contributed by atoms with Crippen LogP contribution in [0.25, 0.3) is 0 Å². The molecule has 27 heavy (non-hydrogen) atoms. The van der Waals surface area contributed by atoms with Crippen LogP contribution in [0.4, 0.5) is 17.6 Å². The van der Waals surface area contributed by atoms with Crippen molar-refractivity contribution in [3.8, 4) is 0 Å². The fourth-order valence-corrected chi connectivity index (χ4v) is 1.70. The SMILES string of the molecule is CCC(=O)c1ccc(F)[c-]c1F.CCC(=O)c1ccc(F)[c-]c1F.[CH3-].[CH3-].[Ti+4]. The molecule has 0 saturated heterocycles. The maximum atomic E-state index is 12.8. The van der Waals surface area contributed by atoms with Gasteiger partial charge in [-0.15, -0.1) is 24.3 Å². The van der Waals surface area contributed by atoms with Crippen LogP contribution in [-0.4, -0.2) is 11.6 Å². The molecule has 2 aromatic rings. The van der Waals surface area contributed by atoms with Gasteiger partial charge in [-0.05, 0) is 12.8 Å². The predicted molar refractivity (Wildman–Crippen MR) is 92.5 cm³/mol. The Morgan fingerprint density at radius 1 is 0.741 bits per heavy atom. The summed E-state index contributed by atoms with van der Waals surface area (Å²) < 4.78 is 50.2. The number of Topliss-reactive ketones (excluding diaryl/α,β-unsaturated/α-hetero) is 2. The Morgan fingerprint density at radius 3 is 1.26 bits per heavy atom. The smallest absolute Gasteiger partial charge is 0.358 e. The number of carbonyl (C=O) groups excluding carboxylic acids is 2. The molecule has 7 heteroatoms. The number of hydrogen-bond donors (Lipinski definition) is 0. The van der Waals surface area contributed by atoms with Crippen LogP contribution in [0.1, 0.15) is 47.4 Å². The first kappa shape index (κ1) is 30.0. The monoisotopic (exact) mass is 416 g/mol. The van der Waals surface area contributed by atoms with E-state index in [9.17, 15) is 27.2 Å². The van der Waals surface area contributed by atoms with Crippen LogP contribution in [0.15, 0.2) is 24.3 Å². The number of hydrogen-bond acceptors (Lipinski definition) is 2. The molecule has 0 N–H and O–H groups in total. The van der Waals surface area contributed by atoms with E-state index in [-0.39, 0.29) is 72.1 Å². The first-order valence-electron chi connectivity index (χ1n) is 7.11. The minimum Gasteiger partial charge on any atom is -0.358 e. The molecule has 2 nitrogen and oxygen atoms in total. The van der Waals surface area contributed by atoms with E-state index in [1.807, 2.05) is 0 Å². The van der Waals surface area contributed by atoms with Crippen LogP contribution in [-0.2, 0) is 21.7 Å². The van der Waals surface area contributed by atoms with Gasteiger partial charge in [0.1, 0.15) is 11.6 Å². The van der Waals surface area contributed by atoms with Crippen molar-refractivity contribution in [3.63, 3.8) is 0 Å². The van der Waals surface area contributed by atoms with Crippen LogP contribution >= 0.6 is 0 Å². The third-order valence-corrected chi connectivity index (χ3v) is 2.97. The molecular formula is C20H20F4O2Ti. The fourth-order valence-electron chi connectivity index (χ4n) is 1.70. The Balaban J connectivity index is -0.000000384. The van der Waals surface area contributed by atoms with E-state index in [2.05, 4.69) is 0 Å². The normalized spacial score (nSPS) is 8.81. The van der Waals surface area contributed by atoms with Crippen molar-refractivity contribution >= 4 is 11.6 Å². The van der Waals surface area contributed by atoms with Crippen molar-refractivity contribution in [2.45, 2.75) is 26.7 Å². The molecule has 0 aliphatic carbocycles. The molecule has 0 unspecified atom stereocenters. The van der Waals surface area contributed by atoms with Crippen molar-refractivity contribution in [3.05, 3.63) is 85.6 Å². The zero-order valence-corrected chi connectivity index (χ0v) is 17.1. The Kier molecular flexibility index (Phi) is 15.9. The van der Waals surface area contributed by atoms with Gasteiger partial charge < -0.3 is 24.4 Å². The van der Waals surface area contributed by atoms with Gasteiger partial charge in [0, 0.05) is 23.3 Å². The molecule has 0 aliphatic rings. The van der Waals surface area contributed by atoms with Crippen molar-refractivity contribution in [2.75, 3.05) is 0 Å². The summed E-state index contributed by atoms with van der Waals surface area (Å²) in [5.41, 5.74) is -0.196. The Labute approximate surface area is 172 Å². The van der Waals surface area contributed by atoms with Crippen LogP contribution < -0.4 is 0 Å². The topological polar surface area (TPSA) is 34.1 Å². The summed E-state index contributed by atoms with van der Waals surface area (Å²) in [6.07, 6.45) is 0.410. The fraction of sp³-hybridized carbons (Fsp3) is 0.200. The molecule has 2 rings (SSSR count). The summed E-state index contributed by atoms with van der Waals surface area (Å²) in [6.45, 7) is 3.23. The molecular weight excluding hydrogens is 396 g/mol. The third kappa shape index (κ3) is 9.11. The summed E-state index contributed by atoms with van der Waals surface area (Å²) in [5.74, 6) is -4.10.